The number of rotatable bonds is 20. The molecule has 0 aliphatic heterocycles. The normalized spacial score (nSPS) is 11.8. The molecule has 0 spiro atoms. The average Bonchev–Trinajstić information content (AvgIpc) is 3.12. The molecule has 0 bridgehead atoms. The minimum atomic E-state index is -0.850. The molecule has 0 saturated heterocycles. The monoisotopic (exact) mass is 686 g/mol. The van der Waals surface area contributed by atoms with E-state index in [1.165, 1.54) is 25.1 Å². The molecule has 50 heavy (non-hydrogen) atoms. The topological polar surface area (TPSA) is 212 Å². The minimum Gasteiger partial charge on any atom is -0.485 e. The summed E-state index contributed by atoms with van der Waals surface area (Å²) in [6.45, 7) is 7.07. The second-order valence-corrected chi connectivity index (χ2v) is 11.8. The molecule has 14 heteroatoms. The maximum Gasteiger partial charge on any atom is 0.255 e. The number of amides is 3. The lowest BCUT2D eigenvalue weighted by Crippen LogP contribution is -2.47. The van der Waals surface area contributed by atoms with Crippen LogP contribution in [0.15, 0.2) is 60.7 Å². The van der Waals surface area contributed by atoms with Gasteiger partial charge in [0.25, 0.3) is 5.91 Å². The first-order valence-corrected chi connectivity index (χ1v) is 16.3. The van der Waals surface area contributed by atoms with Crippen LogP contribution in [-0.4, -0.2) is 85.2 Å². The molecule has 2 atom stereocenters. The fourth-order valence-corrected chi connectivity index (χ4v) is 5.18. The zero-order chi connectivity index (χ0) is 36.6. The molecule has 2 aromatic carbocycles. The molecule has 2 unspecified atom stereocenters. The summed E-state index contributed by atoms with van der Waals surface area (Å²) in [4.78, 5) is 62.1. The van der Waals surface area contributed by atoms with Crippen LogP contribution in [0.2, 0.25) is 0 Å². The third-order valence-corrected chi connectivity index (χ3v) is 8.03. The number of nitrogen functional groups attached to an aromatic ring is 2. The molecule has 0 fully saturated rings. The second-order valence-electron chi connectivity index (χ2n) is 11.8. The number of carbonyl (C=O) groups excluding carboxylic acids is 5. The number of nitrogens with two attached hydrogens (primary N) is 2. The molecule has 3 rings (SSSR count). The predicted octanol–water partition coefficient (Wildman–Crippen LogP) is 3.26. The molecule has 0 radical (unpaired) electrons. The van der Waals surface area contributed by atoms with Crippen molar-refractivity contribution >= 4 is 47.5 Å². The summed E-state index contributed by atoms with van der Waals surface area (Å²) in [6, 6.07) is 12.9. The Labute approximate surface area is 292 Å². The van der Waals surface area contributed by atoms with Gasteiger partial charge in [0.1, 0.15) is 18.9 Å². The Kier molecular flexibility index (Phi) is 14.9. The third kappa shape index (κ3) is 10.9. The van der Waals surface area contributed by atoms with Crippen molar-refractivity contribution in [1.82, 2.24) is 25.7 Å². The average molecular weight is 687 g/mol. The van der Waals surface area contributed by atoms with Crippen molar-refractivity contribution in [3.05, 3.63) is 71.8 Å². The van der Waals surface area contributed by atoms with E-state index in [-0.39, 0.29) is 48.2 Å². The number of anilines is 3. The number of para-hydroxylation sites is 1. The van der Waals surface area contributed by atoms with E-state index in [1.54, 1.807) is 24.3 Å². The second kappa shape index (κ2) is 19.3. The van der Waals surface area contributed by atoms with E-state index in [9.17, 15) is 24.0 Å². The summed E-state index contributed by atoms with van der Waals surface area (Å²) < 4.78 is 5.85. The van der Waals surface area contributed by atoms with Crippen molar-refractivity contribution in [3.8, 4) is 17.0 Å². The largest absolute Gasteiger partial charge is 0.485 e. The molecule has 0 saturated carbocycles. The summed E-state index contributed by atoms with van der Waals surface area (Å²) in [6.07, 6.45) is 3.42. The standard InChI is InChI=1S/C36H46N8O6/c1-23(22-50-32-20-30(42-43-33(32)38)28-10-5-6-11-29(28)37)18-24(2)34(47)41-16-8-7-15-40-26-13-14-27(25(19-26)21-46)36(49)44(4)31(12-9-17-45)35(48)39-3/h5-6,10-11,13-14,17,19-21,24,31,40H,1,7-9,12,15-16,18,22,37H2,2-4H3,(H2,38,43)(H,39,48)(H,41,47). The fourth-order valence-electron chi connectivity index (χ4n) is 5.18. The van der Waals surface area contributed by atoms with E-state index in [0.717, 1.165) is 6.42 Å². The van der Waals surface area contributed by atoms with Gasteiger partial charge in [-0.25, -0.2) is 0 Å². The van der Waals surface area contributed by atoms with Gasteiger partial charge in [-0.05, 0) is 55.5 Å². The van der Waals surface area contributed by atoms with E-state index in [4.69, 9.17) is 16.2 Å². The first-order chi connectivity index (χ1) is 24.0. The number of unbranched alkanes of at least 4 members (excludes halogenated alkanes) is 1. The van der Waals surface area contributed by atoms with E-state index in [2.05, 4.69) is 32.7 Å². The van der Waals surface area contributed by atoms with Gasteiger partial charge in [0, 0.05) is 68.1 Å². The van der Waals surface area contributed by atoms with Crippen LogP contribution in [0.1, 0.15) is 59.7 Å². The summed E-state index contributed by atoms with van der Waals surface area (Å²) in [5.74, 6) is -0.838. The zero-order valence-corrected chi connectivity index (χ0v) is 28.7. The summed E-state index contributed by atoms with van der Waals surface area (Å²) in [7, 11) is 2.92. The predicted molar refractivity (Wildman–Crippen MR) is 193 cm³/mol. The number of nitrogens with one attached hydrogen (secondary N) is 3. The van der Waals surface area contributed by atoms with Crippen LogP contribution in [0.3, 0.4) is 0 Å². The molecule has 3 aromatic rings. The molecular formula is C36H46N8O6. The smallest absolute Gasteiger partial charge is 0.255 e. The van der Waals surface area contributed by atoms with Crippen LogP contribution in [-0.2, 0) is 14.4 Å². The van der Waals surface area contributed by atoms with Crippen molar-refractivity contribution in [2.24, 2.45) is 5.92 Å². The quantitative estimate of drug-likeness (QED) is 0.0504. The Morgan fingerprint density at radius 3 is 2.46 bits per heavy atom. The Morgan fingerprint density at radius 2 is 1.76 bits per heavy atom. The van der Waals surface area contributed by atoms with E-state index in [1.807, 2.05) is 25.1 Å². The molecule has 1 heterocycles. The van der Waals surface area contributed by atoms with Crippen LogP contribution in [0.4, 0.5) is 17.2 Å². The third-order valence-electron chi connectivity index (χ3n) is 8.03. The highest BCUT2D eigenvalue weighted by atomic mass is 16.5. The Bertz CT molecular complexity index is 1680. The number of hydrogen-bond acceptors (Lipinski definition) is 11. The lowest BCUT2D eigenvalue weighted by molar-refractivity contribution is -0.125. The van der Waals surface area contributed by atoms with Crippen molar-refractivity contribution in [1.29, 1.82) is 0 Å². The summed E-state index contributed by atoms with van der Waals surface area (Å²) in [5.41, 5.74) is 15.5. The molecule has 0 aliphatic rings. The minimum absolute atomic E-state index is 0.100. The highest BCUT2D eigenvalue weighted by molar-refractivity contribution is 6.03. The highest BCUT2D eigenvalue weighted by Gasteiger charge is 2.28. The molecule has 1 aromatic heterocycles. The number of nitrogens with zero attached hydrogens (tertiary/aromatic N) is 3. The molecule has 14 nitrogen and oxygen atoms in total. The van der Waals surface area contributed by atoms with Gasteiger partial charge in [0.05, 0.1) is 11.3 Å². The first kappa shape index (κ1) is 38.7. The van der Waals surface area contributed by atoms with Crippen molar-refractivity contribution < 1.29 is 28.7 Å². The van der Waals surface area contributed by atoms with Crippen molar-refractivity contribution in [2.45, 2.75) is 45.1 Å². The van der Waals surface area contributed by atoms with Crippen LogP contribution in [0, 0.1) is 5.92 Å². The van der Waals surface area contributed by atoms with Gasteiger partial charge in [-0.15, -0.1) is 10.2 Å². The fraction of sp³-hybridized carbons (Fsp3) is 0.361. The summed E-state index contributed by atoms with van der Waals surface area (Å²) in [5, 5.41) is 16.8. The zero-order valence-electron chi connectivity index (χ0n) is 28.7. The number of carbonyl (C=O) groups is 5. The Balaban J connectivity index is 1.40. The van der Waals surface area contributed by atoms with E-state index in [0.29, 0.717) is 72.5 Å². The van der Waals surface area contributed by atoms with Gasteiger partial charge in [-0.2, -0.15) is 0 Å². The number of benzene rings is 2. The first-order valence-electron chi connectivity index (χ1n) is 16.3. The van der Waals surface area contributed by atoms with Gasteiger partial charge >= 0.3 is 0 Å². The maximum absolute atomic E-state index is 13.1. The molecule has 0 aliphatic carbocycles. The van der Waals surface area contributed by atoms with Crippen molar-refractivity contribution in [3.63, 3.8) is 0 Å². The lowest BCUT2D eigenvalue weighted by Gasteiger charge is -2.27. The number of hydrogen-bond donors (Lipinski definition) is 5. The van der Waals surface area contributed by atoms with E-state index < -0.39 is 17.9 Å². The lowest BCUT2D eigenvalue weighted by atomic mass is 10.0. The Morgan fingerprint density at radius 1 is 1.02 bits per heavy atom. The van der Waals surface area contributed by atoms with Crippen LogP contribution >= 0.6 is 0 Å². The molecule has 7 N–H and O–H groups in total. The Hall–Kier alpha value is -5.79. The SMILES string of the molecule is C=C(COc1cc(-c2ccccc2N)nnc1N)CC(C)C(=O)NCCCCNc1ccc(C(=O)N(C)C(CCC=O)C(=O)NC)c(C=O)c1. The maximum atomic E-state index is 13.1. The van der Waals surface area contributed by atoms with Gasteiger partial charge in [0.15, 0.2) is 17.9 Å². The number of aromatic nitrogens is 2. The number of ether oxygens (including phenoxy) is 1. The van der Waals surface area contributed by atoms with Crippen LogP contribution in [0.5, 0.6) is 5.75 Å². The van der Waals surface area contributed by atoms with Crippen LogP contribution in [0.25, 0.3) is 11.3 Å². The number of likely N-dealkylation sites (N-methyl/N-ethyl adjacent to an activating group) is 2. The summed E-state index contributed by atoms with van der Waals surface area (Å²) >= 11 is 0. The highest BCUT2D eigenvalue weighted by Crippen LogP contribution is 2.29. The van der Waals surface area contributed by atoms with Crippen LogP contribution < -0.4 is 32.2 Å². The number of aldehydes is 2. The van der Waals surface area contributed by atoms with Gasteiger partial charge in [-0.3, -0.25) is 19.2 Å². The van der Waals surface area contributed by atoms with Gasteiger partial charge in [0.2, 0.25) is 11.8 Å². The molecule has 3 amide bonds. The van der Waals surface area contributed by atoms with Gasteiger partial charge in [-0.1, -0.05) is 31.7 Å². The van der Waals surface area contributed by atoms with Crippen molar-refractivity contribution in [2.75, 3.05) is 50.6 Å². The van der Waals surface area contributed by atoms with Gasteiger partial charge < -0.3 is 41.8 Å². The van der Waals surface area contributed by atoms with E-state index >= 15 is 0 Å². The molecule has 266 valence electrons. The molecular weight excluding hydrogens is 640 g/mol.